The fourth-order valence-corrected chi connectivity index (χ4v) is 4.09. The molecule has 1 aliphatic rings. The van der Waals surface area contributed by atoms with Crippen molar-refractivity contribution in [1.82, 2.24) is 14.4 Å². The standard InChI is InChI=1S/C27H31N7O2/c1-27(2,35)18-29-16-20-4-3-19(15-23(20)28)24-17-34-10-9-30-26(34)25(32-24)31-21-5-7-22(8-6-21)33-11-13-36-14-12-33/h3-10,15-17,35H,11-14,18,28H2,1-2H3,(H,31,32). The number of rotatable bonds is 7. The maximum absolute atomic E-state index is 9.86. The van der Waals surface area contributed by atoms with E-state index < -0.39 is 5.60 Å². The first-order valence-corrected chi connectivity index (χ1v) is 12.0. The number of ether oxygens (including phenoxy) is 1. The van der Waals surface area contributed by atoms with E-state index in [4.69, 9.17) is 15.5 Å². The van der Waals surface area contributed by atoms with Gasteiger partial charge in [0, 0.05) is 66.1 Å². The van der Waals surface area contributed by atoms with Gasteiger partial charge in [-0.3, -0.25) is 4.99 Å². The van der Waals surface area contributed by atoms with Crippen LogP contribution in [0.2, 0.25) is 0 Å². The van der Waals surface area contributed by atoms with Gasteiger partial charge in [0.2, 0.25) is 0 Å². The van der Waals surface area contributed by atoms with E-state index in [1.807, 2.05) is 35.0 Å². The molecule has 2 aromatic carbocycles. The zero-order valence-corrected chi connectivity index (χ0v) is 20.6. The molecule has 0 spiro atoms. The molecular weight excluding hydrogens is 454 g/mol. The maximum Gasteiger partial charge on any atom is 0.180 e. The fraction of sp³-hybridized carbons (Fsp3) is 0.296. The summed E-state index contributed by atoms with van der Waals surface area (Å²) in [5.41, 5.74) is 11.3. The predicted molar refractivity (Wildman–Crippen MR) is 144 cm³/mol. The van der Waals surface area contributed by atoms with Gasteiger partial charge >= 0.3 is 0 Å². The van der Waals surface area contributed by atoms with Crippen molar-refractivity contribution in [3.8, 4) is 11.3 Å². The van der Waals surface area contributed by atoms with Crippen LogP contribution in [-0.2, 0) is 4.74 Å². The first-order chi connectivity index (χ1) is 17.4. The Balaban J connectivity index is 1.39. The lowest BCUT2D eigenvalue weighted by Gasteiger charge is -2.28. The van der Waals surface area contributed by atoms with Crippen molar-refractivity contribution >= 4 is 34.7 Å². The summed E-state index contributed by atoms with van der Waals surface area (Å²) in [6, 6.07) is 14.1. The third-order valence-corrected chi connectivity index (χ3v) is 5.97. The van der Waals surface area contributed by atoms with Gasteiger partial charge in [-0.15, -0.1) is 0 Å². The Morgan fingerprint density at radius 3 is 2.67 bits per heavy atom. The summed E-state index contributed by atoms with van der Waals surface area (Å²) < 4.78 is 7.40. The van der Waals surface area contributed by atoms with Crippen molar-refractivity contribution in [2.45, 2.75) is 19.4 Å². The molecule has 0 aliphatic carbocycles. The molecule has 36 heavy (non-hydrogen) atoms. The Morgan fingerprint density at radius 1 is 1.17 bits per heavy atom. The number of nitrogens with zero attached hydrogens (tertiary/aromatic N) is 5. The van der Waals surface area contributed by atoms with Crippen LogP contribution in [0.5, 0.6) is 0 Å². The van der Waals surface area contributed by atoms with E-state index in [-0.39, 0.29) is 0 Å². The lowest BCUT2D eigenvalue weighted by Crippen LogP contribution is -2.36. The second-order valence-corrected chi connectivity index (χ2v) is 9.53. The van der Waals surface area contributed by atoms with Crippen LogP contribution < -0.4 is 16.0 Å². The molecule has 9 nitrogen and oxygen atoms in total. The highest BCUT2D eigenvalue weighted by Crippen LogP contribution is 2.27. The van der Waals surface area contributed by atoms with Gasteiger partial charge in [0.25, 0.3) is 0 Å². The summed E-state index contributed by atoms with van der Waals surface area (Å²) in [6.07, 6.45) is 7.28. The van der Waals surface area contributed by atoms with E-state index >= 15 is 0 Å². The zero-order chi connectivity index (χ0) is 25.1. The van der Waals surface area contributed by atoms with Crippen LogP contribution in [0.1, 0.15) is 19.4 Å². The number of aliphatic hydroxyl groups is 1. The Labute approximate surface area is 210 Å². The number of fused-ring (bicyclic) bond motifs is 1. The highest BCUT2D eigenvalue weighted by Gasteiger charge is 2.14. The topological polar surface area (TPSA) is 113 Å². The summed E-state index contributed by atoms with van der Waals surface area (Å²) in [4.78, 5) is 16.0. The highest BCUT2D eigenvalue weighted by atomic mass is 16.5. The number of morpholine rings is 1. The summed E-state index contributed by atoms with van der Waals surface area (Å²) in [5.74, 6) is 0.658. The van der Waals surface area contributed by atoms with Gasteiger partial charge in [0.05, 0.1) is 31.1 Å². The van der Waals surface area contributed by atoms with Crippen molar-refractivity contribution < 1.29 is 9.84 Å². The van der Waals surface area contributed by atoms with Crippen molar-refractivity contribution in [3.05, 3.63) is 66.6 Å². The second kappa shape index (κ2) is 9.96. The molecule has 0 amide bonds. The van der Waals surface area contributed by atoms with E-state index in [1.165, 1.54) is 5.69 Å². The quantitative estimate of drug-likeness (QED) is 0.270. The fourth-order valence-electron chi connectivity index (χ4n) is 4.09. The van der Waals surface area contributed by atoms with Crippen LogP contribution in [0.4, 0.5) is 22.9 Å². The summed E-state index contributed by atoms with van der Waals surface area (Å²) in [7, 11) is 0. The Bertz CT molecular complexity index is 1370. The van der Waals surface area contributed by atoms with Crippen LogP contribution in [0.25, 0.3) is 16.9 Å². The highest BCUT2D eigenvalue weighted by molar-refractivity contribution is 5.88. The zero-order valence-electron chi connectivity index (χ0n) is 20.6. The van der Waals surface area contributed by atoms with Gasteiger partial charge in [0.1, 0.15) is 0 Å². The molecule has 1 fully saturated rings. The largest absolute Gasteiger partial charge is 0.398 e. The van der Waals surface area contributed by atoms with E-state index in [0.29, 0.717) is 18.1 Å². The normalized spacial score (nSPS) is 14.6. The van der Waals surface area contributed by atoms with Gasteiger partial charge < -0.3 is 30.2 Å². The van der Waals surface area contributed by atoms with Gasteiger partial charge in [-0.25, -0.2) is 9.97 Å². The molecule has 0 bridgehead atoms. The van der Waals surface area contributed by atoms with Crippen LogP contribution in [0, 0.1) is 0 Å². The average Bonchev–Trinajstić information content (AvgIpc) is 3.34. The lowest BCUT2D eigenvalue weighted by molar-refractivity contribution is 0.0906. The molecule has 4 aromatic rings. The average molecular weight is 486 g/mol. The molecule has 0 radical (unpaired) electrons. The van der Waals surface area contributed by atoms with Crippen LogP contribution >= 0.6 is 0 Å². The van der Waals surface area contributed by atoms with Crippen molar-refractivity contribution in [2.24, 2.45) is 4.99 Å². The molecule has 3 heterocycles. The van der Waals surface area contributed by atoms with Gasteiger partial charge in [0.15, 0.2) is 11.5 Å². The molecule has 9 heteroatoms. The number of nitrogens with one attached hydrogen (secondary N) is 1. The van der Waals surface area contributed by atoms with Crippen molar-refractivity contribution in [3.63, 3.8) is 0 Å². The number of benzene rings is 2. The van der Waals surface area contributed by atoms with Crippen LogP contribution in [0.15, 0.2) is 66.0 Å². The molecule has 1 aliphatic heterocycles. The number of nitrogen functional groups attached to an aromatic ring is 1. The lowest BCUT2D eigenvalue weighted by atomic mass is 10.1. The molecule has 1 saturated heterocycles. The summed E-state index contributed by atoms with van der Waals surface area (Å²) >= 11 is 0. The van der Waals surface area contributed by atoms with Gasteiger partial charge in [-0.1, -0.05) is 12.1 Å². The Kier molecular flexibility index (Phi) is 6.58. The summed E-state index contributed by atoms with van der Waals surface area (Å²) in [6.45, 7) is 7.06. The number of hydrogen-bond donors (Lipinski definition) is 3. The van der Waals surface area contributed by atoms with E-state index in [1.54, 1.807) is 26.3 Å². The second-order valence-electron chi connectivity index (χ2n) is 9.53. The predicted octanol–water partition coefficient (Wildman–Crippen LogP) is 3.75. The monoisotopic (exact) mass is 485 g/mol. The Hall–Kier alpha value is -3.95. The number of imidazole rings is 1. The van der Waals surface area contributed by atoms with Crippen molar-refractivity contribution in [2.75, 3.05) is 48.8 Å². The molecule has 2 aromatic heterocycles. The van der Waals surface area contributed by atoms with Gasteiger partial charge in [-0.05, 0) is 44.2 Å². The number of aliphatic imine (C=N–C) groups is 1. The van der Waals surface area contributed by atoms with Crippen LogP contribution in [-0.4, -0.2) is 64.1 Å². The molecule has 5 rings (SSSR count). The number of hydrogen-bond acceptors (Lipinski definition) is 8. The first kappa shape index (κ1) is 23.8. The molecule has 0 unspecified atom stereocenters. The third kappa shape index (κ3) is 5.48. The minimum atomic E-state index is -0.860. The maximum atomic E-state index is 9.86. The number of nitrogens with two attached hydrogens (primary N) is 1. The van der Waals surface area contributed by atoms with Crippen molar-refractivity contribution in [1.29, 1.82) is 0 Å². The van der Waals surface area contributed by atoms with E-state index in [0.717, 1.165) is 54.5 Å². The third-order valence-electron chi connectivity index (χ3n) is 5.97. The first-order valence-electron chi connectivity index (χ1n) is 12.0. The van der Waals surface area contributed by atoms with Gasteiger partial charge in [-0.2, -0.15) is 0 Å². The summed E-state index contributed by atoms with van der Waals surface area (Å²) in [5, 5.41) is 13.3. The molecule has 0 saturated carbocycles. The smallest absolute Gasteiger partial charge is 0.180 e. The molecule has 4 N–H and O–H groups in total. The Morgan fingerprint density at radius 2 is 1.94 bits per heavy atom. The SMILES string of the molecule is CC(C)(O)CN=Cc1ccc(-c2cn3ccnc3c(Nc3ccc(N4CCOCC4)cc3)n2)cc1N. The number of anilines is 4. The minimum Gasteiger partial charge on any atom is -0.398 e. The minimum absolute atomic E-state index is 0.301. The number of aromatic nitrogens is 3. The molecule has 186 valence electrons. The molecule has 0 atom stereocenters. The van der Waals surface area contributed by atoms with Crippen LogP contribution in [0.3, 0.4) is 0 Å². The molecular formula is C27H31N7O2. The van der Waals surface area contributed by atoms with E-state index in [9.17, 15) is 5.11 Å². The van der Waals surface area contributed by atoms with E-state index in [2.05, 4.69) is 44.5 Å².